The molecule has 12 aromatic carbocycles. The zero-order valence-electron chi connectivity index (χ0n) is 68.1. The topological polar surface area (TPSA) is 36.9 Å². The first-order valence-electron chi connectivity index (χ1n) is 42.1. The Hall–Kier alpha value is -9.43. The molecule has 0 aromatic heterocycles. The monoisotopic (exact) mass is 1510 g/mol. The van der Waals surface area contributed by atoms with Gasteiger partial charge in [0.2, 0.25) is 13.1 Å². The number of rotatable bonds is 44. The van der Waals surface area contributed by atoms with Crippen molar-refractivity contribution in [3.63, 3.8) is 0 Å². The Bertz CT molecular complexity index is 3740. The average molecular weight is 1510 g/mol. The summed E-state index contributed by atoms with van der Waals surface area (Å²) < 4.78 is 33.4. The van der Waals surface area contributed by atoms with Crippen LogP contribution in [0, 0.1) is 0 Å². The van der Waals surface area contributed by atoms with Crippen LogP contribution in [-0.2, 0) is 41.4 Å². The molecule has 0 aliphatic heterocycles. The van der Waals surface area contributed by atoms with Crippen molar-refractivity contribution in [2.24, 2.45) is 0 Å². The van der Waals surface area contributed by atoms with Crippen LogP contribution in [0.3, 0.4) is 0 Å². The van der Waals surface area contributed by atoms with Crippen molar-refractivity contribution in [3.8, 4) is 0 Å². The Morgan fingerprint density at radius 3 is 0.439 bits per heavy atom. The van der Waals surface area contributed by atoms with Crippen LogP contribution in [0.5, 0.6) is 0 Å². The SMILES string of the molecule is CCCCCC(/C=[CH]/[Al-](/[CH]=C/C(CCCCC)OC(c1ccccc1)(c1ccccc1)c1ccccc1)(/[CH]=C/C(CCCCC)OC(c1ccccc1)(c1ccccc1)c1ccccc1)/[CH]=C/C(CCCCC)OC(c1ccccc1)(c1ccccc1)c1ccccc1)OC(c1ccccc1)(c1ccccc1)c1ccccc1.[Li+]. The summed E-state index contributed by atoms with van der Waals surface area (Å²) in [6.07, 6.45) is 23.9. The molecule has 4 nitrogen and oxygen atoms in total. The predicted molar refractivity (Wildman–Crippen MR) is 475 cm³/mol. The standard InChI is InChI=1S/4C27H29O.Al.Li/c4*1-3-5-9-22-26(4-2)28-27(23-16-10-6-11-17-23,24-18-12-7-13-19-24)25-20-14-8-15-21-25;;/h4*2,4,6-8,10-21,26H,3,5,9,22H2,1H3;;/q;;;;-1;+1. The van der Waals surface area contributed by atoms with Crippen LogP contribution in [0.15, 0.2) is 408 Å². The summed E-state index contributed by atoms with van der Waals surface area (Å²) in [7, 11) is 0. The van der Waals surface area contributed by atoms with Gasteiger partial charge in [-0.3, -0.25) is 19.8 Å². The maximum absolute atomic E-state index is 8.34. The fourth-order valence-electron chi connectivity index (χ4n) is 16.6. The molecule has 4 atom stereocenters. The molecule has 12 aromatic rings. The summed E-state index contributed by atoms with van der Waals surface area (Å²) in [6.45, 7) is 9.21. The molecule has 0 aliphatic carbocycles. The van der Waals surface area contributed by atoms with E-state index in [0.29, 0.717) is 0 Å². The Balaban J connectivity index is 0.0000128. The van der Waals surface area contributed by atoms with Crippen LogP contribution in [0.2, 0.25) is 0 Å². The number of hydrogen-bond donors (Lipinski definition) is 0. The van der Waals surface area contributed by atoms with Crippen LogP contribution >= 0.6 is 0 Å². The first kappa shape index (κ1) is 85.5. The fourth-order valence-corrected chi connectivity index (χ4v) is 19.9. The fraction of sp³-hybridized carbons (Fsp3) is 0.259. The number of benzene rings is 12. The van der Waals surface area contributed by atoms with E-state index in [1.54, 1.807) is 0 Å². The van der Waals surface area contributed by atoms with Crippen LogP contribution in [0.1, 0.15) is 197 Å². The first-order chi connectivity index (χ1) is 55.8. The second-order valence-electron chi connectivity index (χ2n) is 30.4. The van der Waals surface area contributed by atoms with Gasteiger partial charge in [-0.1, -0.05) is 469 Å². The minimum absolute atomic E-state index is 0. The van der Waals surface area contributed by atoms with E-state index in [0.717, 1.165) is 169 Å². The average Bonchev–Trinajstić information content (AvgIpc) is 0.771. The summed E-state index contributed by atoms with van der Waals surface area (Å²) in [6, 6.07) is 131. The largest absolute Gasteiger partial charge is 1.00 e. The number of ether oxygens (including phenoxy) is 4. The van der Waals surface area contributed by atoms with E-state index < -0.39 is 35.5 Å². The zero-order chi connectivity index (χ0) is 78.0. The zero-order valence-corrected chi connectivity index (χ0v) is 69.2. The second kappa shape index (κ2) is 44.4. The number of hydrogen-bond acceptors (Lipinski definition) is 4. The van der Waals surface area contributed by atoms with E-state index in [9.17, 15) is 0 Å². The second-order valence-corrected chi connectivity index (χ2v) is 34.3. The maximum atomic E-state index is 8.34. The van der Waals surface area contributed by atoms with Crippen LogP contribution in [0.25, 0.3) is 0 Å². The molecule has 0 spiro atoms. The molecule has 0 saturated heterocycles. The molecule has 0 fully saturated rings. The van der Waals surface area contributed by atoms with Gasteiger partial charge in [0.15, 0.2) is 0 Å². The quantitative estimate of drug-likeness (QED) is 0.0217. The Labute approximate surface area is 697 Å². The van der Waals surface area contributed by atoms with Gasteiger partial charge in [-0.15, -0.1) is 24.3 Å². The maximum Gasteiger partial charge on any atom is 1.00 e. The molecule has 12 rings (SSSR count). The molecule has 0 bridgehead atoms. The van der Waals surface area contributed by atoms with Gasteiger partial charge >= 0.3 is 18.9 Å². The summed E-state index contributed by atoms with van der Waals surface area (Å²) in [5.41, 5.74) is 8.81. The van der Waals surface area contributed by atoms with Gasteiger partial charge < -0.3 is 18.9 Å². The van der Waals surface area contributed by atoms with Gasteiger partial charge in [0.05, 0.1) is 24.4 Å². The summed E-state index contributed by atoms with van der Waals surface area (Å²) in [4.78, 5) is 10.5. The third kappa shape index (κ3) is 21.4. The van der Waals surface area contributed by atoms with Crippen molar-refractivity contribution in [2.45, 2.75) is 177 Å². The Morgan fingerprint density at radius 1 is 0.202 bits per heavy atom. The molecular formula is C108H116AlLiO4. The molecule has 0 heterocycles. The minimum Gasteiger partial charge on any atom is -0.354 e. The van der Waals surface area contributed by atoms with E-state index in [2.05, 4.69) is 436 Å². The van der Waals surface area contributed by atoms with Gasteiger partial charge in [0.1, 0.15) is 22.4 Å². The van der Waals surface area contributed by atoms with Crippen LogP contribution in [0.4, 0.5) is 0 Å². The third-order valence-electron chi connectivity index (χ3n) is 22.5. The van der Waals surface area contributed by atoms with Gasteiger partial charge in [-0.05, 0) is 92.4 Å². The third-order valence-corrected chi connectivity index (χ3v) is 26.0. The van der Waals surface area contributed by atoms with E-state index in [-0.39, 0.29) is 43.3 Å². The van der Waals surface area contributed by atoms with E-state index in [1.807, 2.05) is 0 Å². The Morgan fingerprint density at radius 2 is 0.325 bits per heavy atom. The minimum atomic E-state index is -4.03. The van der Waals surface area contributed by atoms with Crippen LogP contribution in [-0.4, -0.2) is 37.5 Å². The predicted octanol–water partition coefficient (Wildman–Crippen LogP) is 24.7. The molecule has 114 heavy (non-hydrogen) atoms. The normalized spacial score (nSPS) is 13.9. The van der Waals surface area contributed by atoms with E-state index in [4.69, 9.17) is 18.9 Å². The van der Waals surface area contributed by atoms with Crippen molar-refractivity contribution in [1.82, 2.24) is 0 Å². The molecule has 0 N–H and O–H groups in total. The summed E-state index contributed by atoms with van der Waals surface area (Å²) >= 11 is -4.03. The van der Waals surface area contributed by atoms with Crippen LogP contribution < -0.4 is 18.9 Å². The molecular weight excluding hydrogens is 1400 g/mol. The van der Waals surface area contributed by atoms with Crippen molar-refractivity contribution in [2.75, 3.05) is 0 Å². The Kier molecular flexibility index (Phi) is 33.3. The summed E-state index contributed by atoms with van der Waals surface area (Å²) in [5.74, 6) is 0. The molecule has 0 saturated carbocycles. The first-order valence-corrected chi connectivity index (χ1v) is 44.8. The van der Waals surface area contributed by atoms with Gasteiger partial charge in [0, 0.05) is 0 Å². The van der Waals surface area contributed by atoms with Gasteiger partial charge in [-0.25, -0.2) is 0 Å². The van der Waals surface area contributed by atoms with Crippen molar-refractivity contribution in [1.29, 1.82) is 0 Å². The molecule has 0 radical (unpaired) electrons. The van der Waals surface area contributed by atoms with Crippen molar-refractivity contribution >= 4 is 13.1 Å². The molecule has 6 heteroatoms. The van der Waals surface area contributed by atoms with E-state index in [1.165, 1.54) is 0 Å². The molecule has 0 aliphatic rings. The molecule has 576 valence electrons. The molecule has 0 amide bonds. The molecule has 4 unspecified atom stereocenters. The smallest absolute Gasteiger partial charge is 0.354 e. The summed E-state index contributed by atoms with van der Waals surface area (Å²) in [5, 5.41) is 0. The van der Waals surface area contributed by atoms with Gasteiger partial charge in [0.25, 0.3) is 0 Å². The van der Waals surface area contributed by atoms with Crippen molar-refractivity contribution in [3.05, 3.63) is 475 Å². The van der Waals surface area contributed by atoms with Gasteiger partial charge in [-0.2, -0.15) is 0 Å². The number of unbranched alkanes of at least 4 members (excludes halogenated alkanes) is 8. The van der Waals surface area contributed by atoms with Crippen molar-refractivity contribution < 1.29 is 37.8 Å². The van der Waals surface area contributed by atoms with E-state index >= 15 is 0 Å².